The predicted octanol–water partition coefficient (Wildman–Crippen LogP) is 3.05. The lowest BCUT2D eigenvalue weighted by Gasteiger charge is -2.13. The summed E-state index contributed by atoms with van der Waals surface area (Å²) in [6.45, 7) is 0.984. The number of rotatable bonds is 23. The number of nitrogens with two attached hydrogens (primary N) is 1. The molecule has 0 bridgehead atoms. The van der Waals surface area contributed by atoms with Gasteiger partial charge in [0.1, 0.15) is 18.1 Å². The highest BCUT2D eigenvalue weighted by Crippen LogP contribution is 2.14. The topological polar surface area (TPSA) is 185 Å². The van der Waals surface area contributed by atoms with Crippen LogP contribution in [0.5, 0.6) is 5.75 Å². The Balaban J connectivity index is 2.00. The van der Waals surface area contributed by atoms with Gasteiger partial charge in [-0.05, 0) is 62.8 Å². The van der Waals surface area contributed by atoms with Crippen molar-refractivity contribution < 1.29 is 38.9 Å². The van der Waals surface area contributed by atoms with Gasteiger partial charge in [-0.2, -0.15) is 0 Å². The predicted molar refractivity (Wildman–Crippen MR) is 146 cm³/mol. The first kappa shape index (κ1) is 33.6. The molecule has 0 radical (unpaired) electrons. The van der Waals surface area contributed by atoms with Gasteiger partial charge in [-0.1, -0.05) is 32.1 Å². The number of carboxylic acid groups (broad SMARTS) is 2. The van der Waals surface area contributed by atoms with Crippen LogP contribution in [0.4, 0.5) is 0 Å². The zero-order valence-electron chi connectivity index (χ0n) is 22.6. The molecule has 1 aromatic rings. The van der Waals surface area contributed by atoms with Gasteiger partial charge in [0.2, 0.25) is 11.8 Å². The van der Waals surface area contributed by atoms with E-state index in [1.165, 1.54) is 12.1 Å². The summed E-state index contributed by atoms with van der Waals surface area (Å²) >= 11 is 0. The van der Waals surface area contributed by atoms with Gasteiger partial charge in [-0.25, -0.2) is 4.79 Å². The molecule has 0 aromatic heterocycles. The van der Waals surface area contributed by atoms with E-state index in [4.69, 9.17) is 20.7 Å². The smallest absolute Gasteiger partial charge is 0.335 e. The molecular formula is C28H43N3O8. The molecule has 2 unspecified atom stereocenters. The van der Waals surface area contributed by atoms with Gasteiger partial charge in [0.25, 0.3) is 0 Å². The Labute approximate surface area is 229 Å². The van der Waals surface area contributed by atoms with Crippen LogP contribution in [0.3, 0.4) is 0 Å². The highest BCUT2D eigenvalue weighted by molar-refractivity contribution is 5.87. The average molecular weight is 550 g/mol. The second-order valence-electron chi connectivity index (χ2n) is 9.54. The van der Waals surface area contributed by atoms with E-state index in [9.17, 15) is 24.0 Å². The number of amides is 2. The minimum atomic E-state index is -1.04. The Morgan fingerprint density at radius 1 is 0.821 bits per heavy atom. The standard InChI is InChI=1S/C28H43N3O8/c29-24(28(37)38)10-7-8-18-30-25(33)17-14-22(20-32)31-26(34)11-6-4-2-1-3-5-9-19-39-23-15-12-21(13-16-23)27(35)36/h12-13,15-16,20,22,24H,1-11,14,17-19,29H2,(H,30,33)(H,31,34)(H,35,36)(H,37,38). The fraction of sp³-hybridized carbons (Fsp3) is 0.607. The van der Waals surface area contributed by atoms with Gasteiger partial charge in [0.05, 0.1) is 18.2 Å². The Kier molecular flexibility index (Phi) is 17.6. The fourth-order valence-corrected chi connectivity index (χ4v) is 3.82. The van der Waals surface area contributed by atoms with Crippen molar-refractivity contribution in [3.63, 3.8) is 0 Å². The number of unbranched alkanes of at least 4 members (excludes halogenated alkanes) is 7. The minimum Gasteiger partial charge on any atom is -0.494 e. The molecule has 0 fully saturated rings. The van der Waals surface area contributed by atoms with Crippen molar-refractivity contribution in [2.24, 2.45) is 5.73 Å². The van der Waals surface area contributed by atoms with Crippen LogP contribution >= 0.6 is 0 Å². The molecule has 0 heterocycles. The van der Waals surface area contributed by atoms with Crippen LogP contribution in [0.1, 0.15) is 93.8 Å². The first-order valence-electron chi connectivity index (χ1n) is 13.7. The van der Waals surface area contributed by atoms with Gasteiger partial charge in [-0.3, -0.25) is 14.4 Å². The maximum absolute atomic E-state index is 12.1. The van der Waals surface area contributed by atoms with Crippen molar-refractivity contribution in [3.05, 3.63) is 29.8 Å². The average Bonchev–Trinajstić information content (AvgIpc) is 2.91. The summed E-state index contributed by atoms with van der Waals surface area (Å²) in [5.74, 6) is -1.76. The molecular weight excluding hydrogens is 506 g/mol. The van der Waals surface area contributed by atoms with Crippen LogP contribution in [0.25, 0.3) is 0 Å². The number of ether oxygens (including phenoxy) is 1. The van der Waals surface area contributed by atoms with E-state index in [2.05, 4.69) is 10.6 Å². The Morgan fingerprint density at radius 3 is 2.08 bits per heavy atom. The van der Waals surface area contributed by atoms with Crippen molar-refractivity contribution in [3.8, 4) is 5.75 Å². The molecule has 0 aliphatic carbocycles. The quantitative estimate of drug-likeness (QED) is 0.101. The van der Waals surface area contributed by atoms with E-state index in [1.54, 1.807) is 12.1 Å². The van der Waals surface area contributed by atoms with Crippen molar-refractivity contribution in [1.29, 1.82) is 0 Å². The number of aromatic carboxylic acids is 1. The first-order chi connectivity index (χ1) is 18.7. The number of nitrogens with one attached hydrogen (secondary N) is 2. The lowest BCUT2D eigenvalue weighted by Crippen LogP contribution is -2.37. The van der Waals surface area contributed by atoms with Gasteiger partial charge in [0, 0.05) is 19.4 Å². The molecule has 2 amide bonds. The lowest BCUT2D eigenvalue weighted by molar-refractivity contribution is -0.138. The van der Waals surface area contributed by atoms with Gasteiger partial charge in [-0.15, -0.1) is 0 Å². The highest BCUT2D eigenvalue weighted by Gasteiger charge is 2.14. The number of hydrogen-bond acceptors (Lipinski definition) is 7. The lowest BCUT2D eigenvalue weighted by atomic mass is 10.1. The van der Waals surface area contributed by atoms with Gasteiger partial charge >= 0.3 is 11.9 Å². The van der Waals surface area contributed by atoms with Crippen LogP contribution in [0.2, 0.25) is 0 Å². The van der Waals surface area contributed by atoms with Crippen molar-refractivity contribution >= 4 is 30.0 Å². The number of carbonyl (C=O) groups is 5. The molecule has 39 heavy (non-hydrogen) atoms. The molecule has 1 aromatic carbocycles. The molecule has 218 valence electrons. The minimum absolute atomic E-state index is 0.111. The monoisotopic (exact) mass is 549 g/mol. The number of aldehydes is 1. The van der Waals surface area contributed by atoms with Crippen molar-refractivity contribution in [2.45, 2.75) is 95.6 Å². The zero-order chi connectivity index (χ0) is 28.9. The van der Waals surface area contributed by atoms with E-state index in [0.717, 1.165) is 44.9 Å². The number of aliphatic carboxylic acids is 1. The molecule has 1 rings (SSSR count). The summed E-state index contributed by atoms with van der Waals surface area (Å²) in [6, 6.07) is 4.76. The Morgan fingerprint density at radius 2 is 1.46 bits per heavy atom. The SMILES string of the molecule is NC(CCCCNC(=O)CCC(C=O)NC(=O)CCCCCCCCCOc1ccc(C(=O)O)cc1)C(=O)O. The van der Waals surface area contributed by atoms with Crippen LogP contribution < -0.4 is 21.1 Å². The molecule has 0 aliphatic rings. The Hall–Kier alpha value is -3.47. The summed E-state index contributed by atoms with van der Waals surface area (Å²) in [7, 11) is 0. The van der Waals surface area contributed by atoms with Crippen molar-refractivity contribution in [1.82, 2.24) is 10.6 Å². The molecule has 0 spiro atoms. The van der Waals surface area contributed by atoms with E-state index >= 15 is 0 Å². The molecule has 11 nitrogen and oxygen atoms in total. The van der Waals surface area contributed by atoms with Crippen LogP contribution in [-0.4, -0.2) is 65.5 Å². The number of carbonyl (C=O) groups excluding carboxylic acids is 3. The second kappa shape index (κ2) is 20.5. The molecule has 0 saturated carbocycles. The van der Waals surface area contributed by atoms with Crippen LogP contribution in [0, 0.1) is 0 Å². The maximum atomic E-state index is 12.1. The van der Waals surface area contributed by atoms with Crippen LogP contribution in [-0.2, 0) is 19.2 Å². The van der Waals surface area contributed by atoms with Crippen molar-refractivity contribution in [2.75, 3.05) is 13.2 Å². The summed E-state index contributed by atoms with van der Waals surface area (Å²) < 4.78 is 5.62. The summed E-state index contributed by atoms with van der Waals surface area (Å²) in [5.41, 5.74) is 5.65. The number of hydrogen-bond donors (Lipinski definition) is 5. The number of benzene rings is 1. The molecule has 6 N–H and O–H groups in total. The largest absolute Gasteiger partial charge is 0.494 e. The third-order valence-electron chi connectivity index (χ3n) is 6.19. The van der Waals surface area contributed by atoms with Gasteiger partial charge in [0.15, 0.2) is 0 Å². The van der Waals surface area contributed by atoms with E-state index in [-0.39, 0.29) is 30.2 Å². The first-order valence-corrected chi connectivity index (χ1v) is 13.7. The zero-order valence-corrected chi connectivity index (χ0v) is 22.6. The van der Waals surface area contributed by atoms with E-state index in [1.807, 2.05) is 0 Å². The highest BCUT2D eigenvalue weighted by atomic mass is 16.5. The third-order valence-corrected chi connectivity index (χ3v) is 6.19. The Bertz CT molecular complexity index is 891. The summed E-state index contributed by atoms with van der Waals surface area (Å²) in [6.07, 6.45) is 9.61. The fourth-order valence-electron chi connectivity index (χ4n) is 3.82. The van der Waals surface area contributed by atoms with E-state index < -0.39 is 24.0 Å². The normalized spacial score (nSPS) is 12.2. The maximum Gasteiger partial charge on any atom is 0.335 e. The molecule has 2 atom stereocenters. The number of carboxylic acids is 2. The van der Waals surface area contributed by atoms with Crippen LogP contribution in [0.15, 0.2) is 24.3 Å². The molecule has 0 saturated heterocycles. The molecule has 0 aliphatic heterocycles. The third kappa shape index (κ3) is 16.9. The van der Waals surface area contributed by atoms with Gasteiger partial charge < -0.3 is 36.1 Å². The molecule has 11 heteroatoms. The second-order valence-corrected chi connectivity index (χ2v) is 9.54. The van der Waals surface area contributed by atoms with E-state index in [0.29, 0.717) is 50.9 Å². The summed E-state index contributed by atoms with van der Waals surface area (Å²) in [4.78, 5) is 56.8. The summed E-state index contributed by atoms with van der Waals surface area (Å²) in [5, 5.41) is 23.0.